The van der Waals surface area contributed by atoms with Crippen molar-refractivity contribution in [2.24, 2.45) is 5.10 Å². The number of hydrogen-bond donors (Lipinski definition) is 1. The van der Waals surface area contributed by atoms with Crippen molar-refractivity contribution in [3.05, 3.63) is 91.7 Å². The lowest BCUT2D eigenvalue weighted by Crippen LogP contribution is -2.23. The van der Waals surface area contributed by atoms with Gasteiger partial charge in [0, 0.05) is 16.1 Å². The van der Waals surface area contributed by atoms with Crippen molar-refractivity contribution >= 4 is 56.2 Å². The summed E-state index contributed by atoms with van der Waals surface area (Å²) in [7, 11) is 1.43. The quantitative estimate of drug-likeness (QED) is 0.221. The van der Waals surface area contributed by atoms with Gasteiger partial charge in [0.25, 0.3) is 11.5 Å². The largest absolute Gasteiger partial charge is 0.493 e. The molecule has 8 nitrogen and oxygen atoms in total. The molecule has 0 aliphatic heterocycles. The molecule has 4 rings (SSSR count). The molecule has 1 atom stereocenters. The fourth-order valence-corrected chi connectivity index (χ4v) is 4.39. The average Bonchev–Trinajstić information content (AvgIpc) is 2.91. The van der Waals surface area contributed by atoms with E-state index in [0.29, 0.717) is 28.0 Å². The highest BCUT2D eigenvalue weighted by Gasteiger charge is 2.17. The Morgan fingerprint density at radius 1 is 1.26 bits per heavy atom. The van der Waals surface area contributed by atoms with Gasteiger partial charge in [-0.2, -0.15) is 9.78 Å². The van der Waals surface area contributed by atoms with Gasteiger partial charge in [-0.05, 0) is 60.5 Å². The van der Waals surface area contributed by atoms with Crippen molar-refractivity contribution in [1.82, 2.24) is 9.66 Å². The van der Waals surface area contributed by atoms with Crippen LogP contribution in [0.5, 0.6) is 11.5 Å². The highest BCUT2D eigenvalue weighted by molar-refractivity contribution is 9.10. The number of halogens is 3. The van der Waals surface area contributed by atoms with Gasteiger partial charge in [0.15, 0.2) is 18.1 Å². The van der Waals surface area contributed by atoms with Crippen molar-refractivity contribution in [1.29, 1.82) is 0 Å². The van der Waals surface area contributed by atoms with Crippen LogP contribution in [0.2, 0.25) is 5.02 Å². The number of carbonyl (C=O) groups is 1. The molecule has 11 heteroatoms. The predicted molar refractivity (Wildman–Crippen MR) is 154 cm³/mol. The van der Waals surface area contributed by atoms with Crippen molar-refractivity contribution in [3.8, 4) is 11.5 Å². The van der Waals surface area contributed by atoms with E-state index < -0.39 is 11.7 Å². The molecule has 0 spiro atoms. The summed E-state index contributed by atoms with van der Waals surface area (Å²) in [5.74, 6) is -0.0394. The smallest absolute Gasteiger partial charge is 0.282 e. The van der Waals surface area contributed by atoms with Crippen molar-refractivity contribution in [3.63, 3.8) is 0 Å². The summed E-state index contributed by atoms with van der Waals surface area (Å²) in [5.41, 5.74) is 1.13. The van der Waals surface area contributed by atoms with Crippen LogP contribution < -0.4 is 20.3 Å². The molecule has 0 bridgehead atoms. The third-order valence-corrected chi connectivity index (χ3v) is 6.69. The van der Waals surface area contributed by atoms with Crippen LogP contribution in [0.25, 0.3) is 10.9 Å². The molecule has 0 unspecified atom stereocenters. The van der Waals surface area contributed by atoms with E-state index in [1.165, 1.54) is 36.2 Å². The Hall–Kier alpha value is -3.76. The summed E-state index contributed by atoms with van der Waals surface area (Å²) in [5, 5.41) is 7.61. The summed E-state index contributed by atoms with van der Waals surface area (Å²) in [6.07, 6.45) is 2.25. The Labute approximate surface area is 237 Å². The van der Waals surface area contributed by atoms with Gasteiger partial charge in [-0.25, -0.2) is 9.37 Å². The first kappa shape index (κ1) is 28.3. The Morgan fingerprint density at radius 3 is 2.77 bits per heavy atom. The van der Waals surface area contributed by atoms with Crippen molar-refractivity contribution < 1.29 is 18.7 Å². The topological polar surface area (TPSA) is 94.8 Å². The van der Waals surface area contributed by atoms with Gasteiger partial charge in [-0.1, -0.05) is 47.4 Å². The molecule has 0 fully saturated rings. The number of nitrogens with one attached hydrogen (secondary N) is 1. The second-order valence-electron chi connectivity index (χ2n) is 8.68. The van der Waals surface area contributed by atoms with Crippen LogP contribution in [-0.2, 0) is 4.79 Å². The molecule has 202 valence electrons. The summed E-state index contributed by atoms with van der Waals surface area (Å²) in [4.78, 5) is 30.3. The second kappa shape index (κ2) is 12.4. The summed E-state index contributed by atoms with van der Waals surface area (Å²) in [6.45, 7) is 3.61. The van der Waals surface area contributed by atoms with E-state index in [1.54, 1.807) is 30.3 Å². The molecular formula is C28H25BrClFN4O4. The van der Waals surface area contributed by atoms with Crippen molar-refractivity contribution in [2.75, 3.05) is 19.0 Å². The summed E-state index contributed by atoms with van der Waals surface area (Å²) < 4.78 is 26.5. The Kier molecular flexibility index (Phi) is 8.98. The number of nitrogens with zero attached hydrogens (tertiary/aromatic N) is 3. The number of aromatic nitrogens is 2. The van der Waals surface area contributed by atoms with Gasteiger partial charge in [0.05, 0.1) is 29.2 Å². The molecule has 1 aromatic heterocycles. The predicted octanol–water partition coefficient (Wildman–Crippen LogP) is 6.37. The van der Waals surface area contributed by atoms with E-state index in [-0.39, 0.29) is 34.6 Å². The Balaban J connectivity index is 1.60. The standard InChI is InChI=1S/C28H25BrClFN4O4/c1-4-16(2)27-34-23-9-8-18(29)12-21(23)28(37)35(27)32-14-17-10-22(30)26(24(11-17)38-3)39-15-25(36)33-20-7-5-6-19(31)13-20/h5-14,16H,4,15H2,1-3H3,(H,33,36)/t16-/m1/s1. The molecule has 0 radical (unpaired) electrons. The third kappa shape index (κ3) is 6.63. The normalized spacial score (nSPS) is 12.1. The minimum Gasteiger partial charge on any atom is -0.493 e. The van der Waals surface area contributed by atoms with Gasteiger partial charge in [0.1, 0.15) is 11.6 Å². The number of anilines is 1. The first-order chi connectivity index (χ1) is 18.7. The molecule has 0 aliphatic rings. The number of carbonyl (C=O) groups excluding carboxylic acids is 1. The SMILES string of the molecule is CC[C@@H](C)c1nc2ccc(Br)cc2c(=O)n1N=Cc1cc(Cl)c(OCC(=O)Nc2cccc(F)c2)c(OC)c1. The third-order valence-electron chi connectivity index (χ3n) is 5.92. The second-order valence-corrected chi connectivity index (χ2v) is 10.0. The lowest BCUT2D eigenvalue weighted by molar-refractivity contribution is -0.118. The van der Waals surface area contributed by atoms with Crippen LogP contribution in [0.3, 0.4) is 0 Å². The lowest BCUT2D eigenvalue weighted by Gasteiger charge is -2.15. The molecule has 4 aromatic rings. The molecule has 39 heavy (non-hydrogen) atoms. The first-order valence-electron chi connectivity index (χ1n) is 12.0. The zero-order valence-corrected chi connectivity index (χ0v) is 23.7. The maximum absolute atomic E-state index is 13.4. The first-order valence-corrected chi connectivity index (χ1v) is 13.2. The molecule has 0 saturated carbocycles. The lowest BCUT2D eigenvalue weighted by atomic mass is 10.1. The number of rotatable bonds is 9. The van der Waals surface area contributed by atoms with E-state index in [2.05, 4.69) is 26.3 Å². The number of fused-ring (bicyclic) bond motifs is 1. The van der Waals surface area contributed by atoms with E-state index >= 15 is 0 Å². The fraction of sp³-hybridized carbons (Fsp3) is 0.214. The van der Waals surface area contributed by atoms with Crippen LogP contribution in [0.1, 0.15) is 37.6 Å². The highest BCUT2D eigenvalue weighted by Crippen LogP contribution is 2.36. The maximum Gasteiger partial charge on any atom is 0.282 e. The van der Waals surface area contributed by atoms with Crippen LogP contribution in [0.15, 0.2) is 69.0 Å². The van der Waals surface area contributed by atoms with Gasteiger partial charge >= 0.3 is 0 Å². The molecule has 1 N–H and O–H groups in total. The summed E-state index contributed by atoms with van der Waals surface area (Å²) >= 11 is 9.86. The number of benzene rings is 3. The monoisotopic (exact) mass is 614 g/mol. The van der Waals surface area contributed by atoms with Gasteiger partial charge < -0.3 is 14.8 Å². The molecule has 0 saturated heterocycles. The average molecular weight is 616 g/mol. The fourth-order valence-electron chi connectivity index (χ4n) is 3.76. The van der Waals surface area contributed by atoms with E-state index in [9.17, 15) is 14.0 Å². The maximum atomic E-state index is 13.4. The molecule has 0 aliphatic carbocycles. The Bertz CT molecular complexity index is 1630. The van der Waals surface area contributed by atoms with Crippen LogP contribution >= 0.6 is 27.5 Å². The molecular weight excluding hydrogens is 591 g/mol. The molecule has 1 heterocycles. The summed E-state index contributed by atoms with van der Waals surface area (Å²) in [6, 6.07) is 14.1. The molecule has 3 aromatic carbocycles. The van der Waals surface area contributed by atoms with E-state index in [1.807, 2.05) is 19.9 Å². The molecule has 1 amide bonds. The van der Waals surface area contributed by atoms with Crippen molar-refractivity contribution in [2.45, 2.75) is 26.2 Å². The van der Waals surface area contributed by atoms with Crippen LogP contribution in [-0.4, -0.2) is 35.5 Å². The van der Waals surface area contributed by atoms with E-state index in [4.69, 9.17) is 26.1 Å². The zero-order chi connectivity index (χ0) is 28.1. The number of ether oxygens (including phenoxy) is 2. The zero-order valence-electron chi connectivity index (χ0n) is 21.4. The number of amides is 1. The van der Waals surface area contributed by atoms with Crippen LogP contribution in [0.4, 0.5) is 10.1 Å². The van der Waals surface area contributed by atoms with Crippen LogP contribution in [0, 0.1) is 5.82 Å². The number of hydrogen-bond acceptors (Lipinski definition) is 6. The number of methoxy groups -OCH3 is 1. The minimum absolute atomic E-state index is 0.0182. The minimum atomic E-state index is -0.503. The Morgan fingerprint density at radius 2 is 2.05 bits per heavy atom. The highest BCUT2D eigenvalue weighted by atomic mass is 79.9. The van der Waals surface area contributed by atoms with Gasteiger partial charge in [-0.15, -0.1) is 0 Å². The van der Waals surface area contributed by atoms with Gasteiger partial charge in [0.2, 0.25) is 0 Å². The van der Waals surface area contributed by atoms with E-state index in [0.717, 1.165) is 10.9 Å². The van der Waals surface area contributed by atoms with Gasteiger partial charge in [-0.3, -0.25) is 9.59 Å².